The van der Waals surface area contributed by atoms with Crippen LogP contribution in [0.15, 0.2) is 18.2 Å². The van der Waals surface area contributed by atoms with Crippen LogP contribution in [-0.4, -0.2) is 38.3 Å². The normalized spacial score (nSPS) is 19.8. The van der Waals surface area contributed by atoms with Crippen LogP contribution in [0.1, 0.15) is 41.9 Å². The summed E-state index contributed by atoms with van der Waals surface area (Å²) in [6.07, 6.45) is 4.04. The van der Waals surface area contributed by atoms with Crippen molar-refractivity contribution in [2.75, 3.05) is 10.6 Å². The van der Waals surface area contributed by atoms with Crippen LogP contribution in [0.4, 0.5) is 21.7 Å². The number of halogens is 1. The van der Waals surface area contributed by atoms with Crippen molar-refractivity contribution >= 4 is 23.3 Å². The van der Waals surface area contributed by atoms with Crippen molar-refractivity contribution in [3.05, 3.63) is 35.4 Å². The van der Waals surface area contributed by atoms with Crippen LogP contribution in [-0.2, 0) is 0 Å². The Kier molecular flexibility index (Phi) is 5.27. The molecule has 0 spiro atoms. The van der Waals surface area contributed by atoms with E-state index in [1.54, 1.807) is 6.07 Å². The molecule has 2 atom stereocenters. The average Bonchev–Trinajstić information content (AvgIpc) is 2.60. The summed E-state index contributed by atoms with van der Waals surface area (Å²) >= 11 is 0. The van der Waals surface area contributed by atoms with Gasteiger partial charge in [-0.25, -0.2) is 14.2 Å². The Labute approximate surface area is 150 Å². The first kappa shape index (κ1) is 18.0. The van der Waals surface area contributed by atoms with Crippen LogP contribution in [0.3, 0.4) is 0 Å². The number of nitrogens with two attached hydrogens (primary N) is 1. The molecule has 3 rings (SSSR count). The average molecular weight is 360 g/mol. The van der Waals surface area contributed by atoms with E-state index >= 15 is 0 Å². The van der Waals surface area contributed by atoms with Crippen molar-refractivity contribution < 1.29 is 14.3 Å². The van der Waals surface area contributed by atoms with Crippen LogP contribution in [0, 0.1) is 12.7 Å². The number of rotatable bonds is 5. The molecule has 0 aliphatic heterocycles. The van der Waals surface area contributed by atoms with E-state index in [1.807, 2.05) is 0 Å². The number of aromatic nitrogens is 3. The van der Waals surface area contributed by atoms with Gasteiger partial charge in [0.25, 0.3) is 0 Å². The summed E-state index contributed by atoms with van der Waals surface area (Å²) in [6, 6.07) is 4.33. The minimum atomic E-state index is -1.22. The zero-order valence-corrected chi connectivity index (χ0v) is 14.4. The topological polar surface area (TPSA) is 126 Å². The van der Waals surface area contributed by atoms with Gasteiger partial charge in [0.05, 0.1) is 11.4 Å². The van der Waals surface area contributed by atoms with E-state index in [4.69, 9.17) is 5.73 Å². The van der Waals surface area contributed by atoms with Gasteiger partial charge in [-0.05, 0) is 31.9 Å². The monoisotopic (exact) mass is 360 g/mol. The second-order valence-electron chi connectivity index (χ2n) is 6.38. The highest BCUT2D eigenvalue weighted by Gasteiger charge is 2.23. The van der Waals surface area contributed by atoms with Crippen molar-refractivity contribution in [2.45, 2.75) is 44.7 Å². The molecule has 0 saturated heterocycles. The van der Waals surface area contributed by atoms with Crippen LogP contribution >= 0.6 is 0 Å². The van der Waals surface area contributed by atoms with Gasteiger partial charge in [-0.3, -0.25) is 0 Å². The number of anilines is 3. The zero-order chi connectivity index (χ0) is 18.7. The molecule has 0 aromatic carbocycles. The minimum Gasteiger partial charge on any atom is -0.476 e. The van der Waals surface area contributed by atoms with Crippen molar-refractivity contribution in [2.24, 2.45) is 5.73 Å². The molecule has 1 saturated carbocycles. The van der Waals surface area contributed by atoms with Crippen molar-refractivity contribution in [1.29, 1.82) is 0 Å². The predicted octanol–water partition coefficient (Wildman–Crippen LogP) is 2.44. The molecule has 5 N–H and O–H groups in total. The van der Waals surface area contributed by atoms with Crippen molar-refractivity contribution in [1.82, 2.24) is 15.2 Å². The van der Waals surface area contributed by atoms with Gasteiger partial charge in [0.15, 0.2) is 11.5 Å². The summed E-state index contributed by atoms with van der Waals surface area (Å²) in [7, 11) is 0. The number of hydrogen-bond acceptors (Lipinski definition) is 7. The Morgan fingerprint density at radius 2 is 2.04 bits per heavy atom. The summed E-state index contributed by atoms with van der Waals surface area (Å²) < 4.78 is 13.4. The molecule has 2 heterocycles. The van der Waals surface area contributed by atoms with E-state index < -0.39 is 11.8 Å². The highest BCUT2D eigenvalue weighted by atomic mass is 19.1. The molecule has 2 aromatic rings. The maximum Gasteiger partial charge on any atom is 0.358 e. The minimum absolute atomic E-state index is 0.0162. The number of carboxylic acid groups (broad SMARTS) is 1. The highest BCUT2D eigenvalue weighted by molar-refractivity contribution is 5.93. The van der Waals surface area contributed by atoms with Crippen molar-refractivity contribution in [3.8, 4) is 0 Å². The molecule has 2 aromatic heterocycles. The molecule has 0 radical (unpaired) electrons. The van der Waals surface area contributed by atoms with E-state index in [-0.39, 0.29) is 29.2 Å². The van der Waals surface area contributed by atoms with Gasteiger partial charge >= 0.3 is 5.97 Å². The number of hydrogen-bond donors (Lipinski definition) is 4. The number of carbonyl (C=O) groups is 1. The molecule has 1 fully saturated rings. The summed E-state index contributed by atoms with van der Waals surface area (Å²) in [6.45, 7) is 1.53. The Morgan fingerprint density at radius 3 is 2.73 bits per heavy atom. The highest BCUT2D eigenvalue weighted by Crippen LogP contribution is 2.24. The fourth-order valence-corrected chi connectivity index (χ4v) is 3.00. The summed E-state index contributed by atoms with van der Waals surface area (Å²) in [4.78, 5) is 15.5. The van der Waals surface area contributed by atoms with Gasteiger partial charge in [-0.2, -0.15) is 0 Å². The molecule has 0 unspecified atom stereocenters. The maximum atomic E-state index is 13.4. The number of pyridine rings is 1. The molecule has 26 heavy (non-hydrogen) atoms. The Morgan fingerprint density at radius 1 is 1.27 bits per heavy atom. The van der Waals surface area contributed by atoms with E-state index in [2.05, 4.69) is 25.8 Å². The third-order valence-electron chi connectivity index (χ3n) is 4.43. The lowest BCUT2D eigenvalue weighted by atomic mass is 9.91. The molecule has 8 nitrogen and oxygen atoms in total. The molecule has 138 valence electrons. The third-order valence-corrected chi connectivity index (χ3v) is 4.43. The lowest BCUT2D eigenvalue weighted by Gasteiger charge is -2.29. The first-order valence-corrected chi connectivity index (χ1v) is 8.47. The molecule has 9 heteroatoms. The second-order valence-corrected chi connectivity index (χ2v) is 6.38. The van der Waals surface area contributed by atoms with E-state index in [0.29, 0.717) is 11.6 Å². The van der Waals surface area contributed by atoms with Gasteiger partial charge in [0.1, 0.15) is 11.6 Å². The predicted molar refractivity (Wildman–Crippen MR) is 95.1 cm³/mol. The fraction of sp³-hybridized carbons (Fsp3) is 0.412. The van der Waals surface area contributed by atoms with E-state index in [1.165, 1.54) is 19.1 Å². The second kappa shape index (κ2) is 7.61. The fourth-order valence-electron chi connectivity index (χ4n) is 3.00. The smallest absolute Gasteiger partial charge is 0.358 e. The first-order valence-electron chi connectivity index (χ1n) is 8.47. The quantitative estimate of drug-likeness (QED) is 0.640. The Bertz CT molecular complexity index is 816. The molecular formula is C17H21FN6O2. The lowest BCUT2D eigenvalue weighted by Crippen LogP contribution is -2.42. The zero-order valence-electron chi connectivity index (χ0n) is 14.4. The van der Waals surface area contributed by atoms with Crippen LogP contribution in [0.25, 0.3) is 0 Å². The van der Waals surface area contributed by atoms with Crippen LogP contribution in [0.5, 0.6) is 0 Å². The Hall–Kier alpha value is -2.81. The number of carboxylic acids is 1. The Balaban J connectivity index is 1.86. The first-order chi connectivity index (χ1) is 12.4. The van der Waals surface area contributed by atoms with Gasteiger partial charge in [0.2, 0.25) is 0 Å². The van der Waals surface area contributed by atoms with Crippen molar-refractivity contribution in [3.63, 3.8) is 0 Å². The summed E-state index contributed by atoms with van der Waals surface area (Å²) in [5.41, 5.74) is 6.32. The third kappa shape index (κ3) is 4.05. The lowest BCUT2D eigenvalue weighted by molar-refractivity contribution is 0.0690. The standard InChI is InChI=1S/C17H21FN6O2/c1-9-10(18)6-7-14(20-9)22-13-8-15(23-24-16(13)17(25)26)21-12-5-3-2-4-11(12)19/h6-8,11-12H,2-5,19H2,1H3,(H,25,26)(H2,20,21,22,23)/t11-,12+/m0/s1. The number of nitrogens with zero attached hydrogens (tertiary/aromatic N) is 3. The molecule has 0 amide bonds. The van der Waals surface area contributed by atoms with E-state index in [9.17, 15) is 14.3 Å². The maximum absolute atomic E-state index is 13.4. The number of aryl methyl sites for hydroxylation is 1. The SMILES string of the molecule is Cc1nc(Nc2cc(N[C@@H]3CCCC[C@@H]3N)nnc2C(=O)O)ccc1F. The molecule has 1 aliphatic carbocycles. The summed E-state index contributed by atoms with van der Waals surface area (Å²) in [5, 5.41) is 23.2. The van der Waals surface area contributed by atoms with Crippen LogP contribution < -0.4 is 16.4 Å². The number of nitrogens with one attached hydrogen (secondary N) is 2. The molecular weight excluding hydrogens is 339 g/mol. The number of aromatic carboxylic acids is 1. The van der Waals surface area contributed by atoms with Gasteiger partial charge in [-0.15, -0.1) is 10.2 Å². The van der Waals surface area contributed by atoms with Gasteiger partial charge in [-0.1, -0.05) is 12.8 Å². The van der Waals surface area contributed by atoms with Gasteiger partial charge < -0.3 is 21.5 Å². The molecule has 1 aliphatic rings. The molecule has 0 bridgehead atoms. The van der Waals surface area contributed by atoms with Crippen LogP contribution in [0.2, 0.25) is 0 Å². The summed E-state index contributed by atoms with van der Waals surface area (Å²) in [5.74, 6) is -0.909. The van der Waals surface area contributed by atoms with Gasteiger partial charge in [0, 0.05) is 18.2 Å². The van der Waals surface area contributed by atoms with E-state index in [0.717, 1.165) is 25.7 Å². The largest absolute Gasteiger partial charge is 0.476 e.